The highest BCUT2D eigenvalue weighted by atomic mass is 16.6. The van der Waals surface area contributed by atoms with E-state index < -0.39 is 28.9 Å². The lowest BCUT2D eigenvalue weighted by Gasteiger charge is -2.16. The number of esters is 1. The van der Waals surface area contributed by atoms with Crippen LogP contribution < -0.4 is 15.4 Å². The minimum atomic E-state index is -1.19. The van der Waals surface area contributed by atoms with Crippen molar-refractivity contribution in [1.29, 1.82) is 0 Å². The first-order chi connectivity index (χ1) is 11.8. The van der Waals surface area contributed by atoms with E-state index in [2.05, 4.69) is 10.6 Å². The fourth-order valence-corrected chi connectivity index (χ4v) is 2.23. The fraction of sp³-hybridized carbons (Fsp3) is 0.400. The summed E-state index contributed by atoms with van der Waals surface area (Å²) in [6, 6.07) is 3.16. The number of carbonyl (C=O) groups excluding carboxylic acids is 3. The molecule has 1 aromatic rings. The Bertz CT molecular complexity index is 719. The quantitative estimate of drug-likeness (QED) is 0.438. The molecule has 2 rings (SSSR count). The normalized spacial score (nSPS) is 17.4. The number of nitro groups is 1. The number of nitro benzene ring substituents is 1. The highest BCUT2D eigenvalue weighted by Gasteiger charge is 2.31. The summed E-state index contributed by atoms with van der Waals surface area (Å²) in [4.78, 5) is 45.5. The molecule has 1 heterocycles. The van der Waals surface area contributed by atoms with Gasteiger partial charge in [0, 0.05) is 6.42 Å². The first kappa shape index (κ1) is 18.2. The molecule has 25 heavy (non-hydrogen) atoms. The van der Waals surface area contributed by atoms with E-state index in [0.29, 0.717) is 6.42 Å². The molecule has 134 valence electrons. The zero-order chi connectivity index (χ0) is 18.6. The van der Waals surface area contributed by atoms with Crippen molar-refractivity contribution in [3.63, 3.8) is 0 Å². The molecule has 0 spiro atoms. The second-order valence-electron chi connectivity index (χ2n) is 5.37. The van der Waals surface area contributed by atoms with Crippen LogP contribution >= 0.6 is 0 Å². The van der Waals surface area contributed by atoms with Crippen molar-refractivity contribution in [1.82, 2.24) is 5.32 Å². The number of hydrogen-bond donors (Lipinski definition) is 2. The molecule has 0 unspecified atom stereocenters. The van der Waals surface area contributed by atoms with E-state index in [1.807, 2.05) is 0 Å². The van der Waals surface area contributed by atoms with Crippen LogP contribution in [0.25, 0.3) is 0 Å². The Labute approximate surface area is 142 Å². The molecule has 0 bridgehead atoms. The highest BCUT2D eigenvalue weighted by Crippen LogP contribution is 2.29. The topological polar surface area (TPSA) is 137 Å². The average Bonchev–Trinajstić information content (AvgIpc) is 3.01. The van der Waals surface area contributed by atoms with Gasteiger partial charge in [-0.1, -0.05) is 0 Å². The van der Waals surface area contributed by atoms with Crippen LogP contribution in [-0.2, 0) is 19.1 Å². The van der Waals surface area contributed by atoms with Gasteiger partial charge in [0.15, 0.2) is 6.10 Å². The third kappa shape index (κ3) is 4.43. The number of benzene rings is 1. The summed E-state index contributed by atoms with van der Waals surface area (Å²) in [5, 5.41) is 15.9. The Balaban J connectivity index is 2.02. The Morgan fingerprint density at radius 3 is 2.72 bits per heavy atom. The number of carbonyl (C=O) groups is 3. The van der Waals surface area contributed by atoms with Gasteiger partial charge in [-0.2, -0.15) is 0 Å². The van der Waals surface area contributed by atoms with Crippen molar-refractivity contribution in [3.8, 4) is 5.75 Å². The monoisotopic (exact) mass is 351 g/mol. The van der Waals surface area contributed by atoms with E-state index in [0.717, 1.165) is 0 Å². The van der Waals surface area contributed by atoms with Crippen LogP contribution in [0.15, 0.2) is 18.2 Å². The maximum Gasteiger partial charge on any atom is 0.329 e. The number of nitrogens with one attached hydrogen (secondary N) is 2. The standard InChI is InChI=1S/C15H17N3O7/c1-8(25-15(21)11-5-6-13(19)16-11)14(20)17-10-4-3-9(24-2)7-12(10)18(22)23/h3-4,7-8,11H,5-6H2,1-2H3,(H,16,19)(H,17,20)/t8-,11+/m0/s1. The molecule has 0 radical (unpaired) electrons. The van der Waals surface area contributed by atoms with Gasteiger partial charge in [0.25, 0.3) is 11.6 Å². The van der Waals surface area contributed by atoms with E-state index in [-0.39, 0.29) is 29.5 Å². The number of amides is 2. The van der Waals surface area contributed by atoms with Gasteiger partial charge in [-0.15, -0.1) is 0 Å². The first-order valence-corrected chi connectivity index (χ1v) is 7.45. The molecule has 10 nitrogen and oxygen atoms in total. The van der Waals surface area contributed by atoms with Gasteiger partial charge in [0.1, 0.15) is 17.5 Å². The third-order valence-corrected chi connectivity index (χ3v) is 3.60. The number of rotatable bonds is 6. The summed E-state index contributed by atoms with van der Waals surface area (Å²) in [7, 11) is 1.36. The van der Waals surface area contributed by atoms with Crippen molar-refractivity contribution in [2.24, 2.45) is 0 Å². The van der Waals surface area contributed by atoms with Crippen molar-refractivity contribution in [2.75, 3.05) is 12.4 Å². The lowest BCUT2D eigenvalue weighted by Crippen LogP contribution is -2.39. The van der Waals surface area contributed by atoms with Gasteiger partial charge in [-0.25, -0.2) is 4.79 Å². The van der Waals surface area contributed by atoms with Gasteiger partial charge < -0.3 is 20.1 Å². The molecule has 1 fully saturated rings. The molecular weight excluding hydrogens is 334 g/mol. The molecule has 0 aromatic heterocycles. The van der Waals surface area contributed by atoms with Crippen molar-refractivity contribution in [3.05, 3.63) is 28.3 Å². The summed E-state index contributed by atoms with van der Waals surface area (Å²) in [6.07, 6.45) is -0.666. The number of ether oxygens (including phenoxy) is 2. The first-order valence-electron chi connectivity index (χ1n) is 7.45. The second kappa shape index (κ2) is 7.60. The molecule has 0 aliphatic carbocycles. The lowest BCUT2D eigenvalue weighted by molar-refractivity contribution is -0.384. The van der Waals surface area contributed by atoms with E-state index in [1.165, 1.54) is 32.2 Å². The number of anilines is 1. The van der Waals surface area contributed by atoms with Gasteiger partial charge in [0.05, 0.1) is 18.1 Å². The molecule has 0 saturated carbocycles. The highest BCUT2D eigenvalue weighted by molar-refractivity contribution is 5.97. The van der Waals surface area contributed by atoms with E-state index in [4.69, 9.17) is 9.47 Å². The van der Waals surface area contributed by atoms with Crippen LogP contribution in [0.3, 0.4) is 0 Å². The zero-order valence-corrected chi connectivity index (χ0v) is 13.6. The Kier molecular flexibility index (Phi) is 5.52. The predicted molar refractivity (Wildman–Crippen MR) is 85.0 cm³/mol. The van der Waals surface area contributed by atoms with Crippen LogP contribution in [0.2, 0.25) is 0 Å². The number of methoxy groups -OCH3 is 1. The number of hydrogen-bond acceptors (Lipinski definition) is 7. The third-order valence-electron chi connectivity index (χ3n) is 3.60. The molecule has 2 atom stereocenters. The summed E-state index contributed by atoms with van der Waals surface area (Å²) in [5.74, 6) is -1.45. The van der Waals surface area contributed by atoms with Crippen molar-refractivity contribution in [2.45, 2.75) is 31.9 Å². The Morgan fingerprint density at radius 2 is 2.16 bits per heavy atom. The van der Waals surface area contributed by atoms with E-state index in [1.54, 1.807) is 0 Å². The Hall–Kier alpha value is -3.17. The number of nitrogens with zero attached hydrogens (tertiary/aromatic N) is 1. The molecule has 1 aromatic carbocycles. The van der Waals surface area contributed by atoms with Crippen LogP contribution in [0, 0.1) is 10.1 Å². The smallest absolute Gasteiger partial charge is 0.329 e. The SMILES string of the molecule is COc1ccc(NC(=O)[C@H](C)OC(=O)[C@H]2CCC(=O)N2)c([N+](=O)[O-])c1. The van der Waals surface area contributed by atoms with Crippen LogP contribution in [0.1, 0.15) is 19.8 Å². The second-order valence-corrected chi connectivity index (χ2v) is 5.37. The summed E-state index contributed by atoms with van der Waals surface area (Å²) >= 11 is 0. The maximum atomic E-state index is 12.1. The summed E-state index contributed by atoms with van der Waals surface area (Å²) < 4.78 is 9.91. The van der Waals surface area contributed by atoms with Crippen LogP contribution in [0.5, 0.6) is 5.75 Å². The average molecular weight is 351 g/mol. The molecule has 1 aliphatic heterocycles. The molecule has 10 heteroatoms. The fourth-order valence-electron chi connectivity index (χ4n) is 2.23. The van der Waals surface area contributed by atoms with Gasteiger partial charge in [0.2, 0.25) is 5.91 Å². The molecule has 2 N–H and O–H groups in total. The maximum absolute atomic E-state index is 12.1. The Morgan fingerprint density at radius 1 is 1.44 bits per heavy atom. The molecular formula is C15H17N3O7. The largest absolute Gasteiger partial charge is 0.496 e. The minimum Gasteiger partial charge on any atom is -0.496 e. The van der Waals surface area contributed by atoms with E-state index >= 15 is 0 Å². The van der Waals surface area contributed by atoms with E-state index in [9.17, 15) is 24.5 Å². The molecule has 1 aliphatic rings. The lowest BCUT2D eigenvalue weighted by atomic mass is 10.2. The van der Waals surface area contributed by atoms with Crippen molar-refractivity contribution < 1.29 is 28.8 Å². The predicted octanol–water partition coefficient (Wildman–Crippen LogP) is 0.752. The van der Waals surface area contributed by atoms with Gasteiger partial charge >= 0.3 is 5.97 Å². The van der Waals surface area contributed by atoms with Crippen molar-refractivity contribution >= 4 is 29.2 Å². The van der Waals surface area contributed by atoms with Crippen LogP contribution in [0.4, 0.5) is 11.4 Å². The zero-order valence-electron chi connectivity index (χ0n) is 13.6. The van der Waals surface area contributed by atoms with Crippen LogP contribution in [-0.4, -0.2) is 42.0 Å². The van der Waals surface area contributed by atoms with Gasteiger partial charge in [-0.3, -0.25) is 19.7 Å². The van der Waals surface area contributed by atoms with Gasteiger partial charge in [-0.05, 0) is 25.5 Å². The summed E-state index contributed by atoms with van der Waals surface area (Å²) in [6.45, 7) is 1.33. The minimum absolute atomic E-state index is 0.0483. The molecule has 1 saturated heterocycles. The summed E-state index contributed by atoms with van der Waals surface area (Å²) in [5.41, 5.74) is -0.401. The molecule has 2 amide bonds.